The molecule has 0 unspecified atom stereocenters. The summed E-state index contributed by atoms with van der Waals surface area (Å²) in [6, 6.07) is 11.2. The summed E-state index contributed by atoms with van der Waals surface area (Å²) in [5.41, 5.74) is 1.73. The maximum Gasteiger partial charge on any atom is 0.338 e. The van der Waals surface area contributed by atoms with Crippen molar-refractivity contribution in [3.05, 3.63) is 77.7 Å². The van der Waals surface area contributed by atoms with Gasteiger partial charge in [-0.25, -0.2) is 0 Å². The van der Waals surface area contributed by atoms with Crippen LogP contribution >= 0.6 is 34.2 Å². The molecule has 0 atom stereocenters. The zero-order valence-corrected chi connectivity index (χ0v) is 19.1. The Labute approximate surface area is 191 Å². The normalized spacial score (nSPS) is 11.1. The van der Waals surface area contributed by atoms with Crippen LogP contribution in [0.15, 0.2) is 40.9 Å². The fourth-order valence-corrected chi connectivity index (χ4v) is 3.71. The van der Waals surface area contributed by atoms with E-state index in [0.29, 0.717) is 29.7 Å². The molecular formula is C21H18ClIN2O5. The molecule has 30 heavy (non-hydrogen) atoms. The monoisotopic (exact) mass is 540 g/mol. The van der Waals surface area contributed by atoms with Crippen molar-refractivity contribution in [3.8, 4) is 11.5 Å². The molecule has 0 radical (unpaired) electrons. The van der Waals surface area contributed by atoms with Crippen molar-refractivity contribution in [3.63, 3.8) is 0 Å². The van der Waals surface area contributed by atoms with Crippen LogP contribution < -0.4 is 9.47 Å². The first-order chi connectivity index (χ1) is 14.4. The minimum atomic E-state index is -0.507. The molecule has 0 saturated heterocycles. The quantitative estimate of drug-likeness (QED) is 0.189. The molecule has 0 bridgehead atoms. The molecule has 0 aliphatic carbocycles. The van der Waals surface area contributed by atoms with Gasteiger partial charge in [0.25, 0.3) is 0 Å². The van der Waals surface area contributed by atoms with Gasteiger partial charge in [-0.05, 0) is 66.3 Å². The fraction of sp³-hybridized carbons (Fsp3) is 0.190. The number of aryl methyl sites for hydroxylation is 1. The summed E-state index contributed by atoms with van der Waals surface area (Å²) in [7, 11) is 0. The van der Waals surface area contributed by atoms with Crippen molar-refractivity contribution >= 4 is 52.0 Å². The number of hydrogen-bond donors (Lipinski definition) is 0. The highest BCUT2D eigenvalue weighted by molar-refractivity contribution is 14.1. The van der Waals surface area contributed by atoms with Gasteiger partial charge in [0.15, 0.2) is 17.2 Å². The van der Waals surface area contributed by atoms with Crippen LogP contribution in [0.1, 0.15) is 29.5 Å². The summed E-state index contributed by atoms with van der Waals surface area (Å²) in [6.45, 7) is 4.17. The molecule has 0 spiro atoms. The van der Waals surface area contributed by atoms with Gasteiger partial charge < -0.3 is 14.0 Å². The maximum atomic E-state index is 11.2. The Bertz CT molecular complexity index is 1100. The van der Waals surface area contributed by atoms with Gasteiger partial charge in [0.05, 0.1) is 15.1 Å². The molecular weight excluding hydrogens is 523 g/mol. The molecule has 2 aromatic carbocycles. The van der Waals surface area contributed by atoms with Crippen LogP contribution in [0.4, 0.5) is 5.69 Å². The molecule has 9 heteroatoms. The van der Waals surface area contributed by atoms with Gasteiger partial charge in [-0.15, -0.1) is 0 Å². The molecule has 0 aliphatic heterocycles. The van der Waals surface area contributed by atoms with Crippen molar-refractivity contribution in [2.75, 3.05) is 6.61 Å². The van der Waals surface area contributed by atoms with Gasteiger partial charge in [-0.2, -0.15) is 0 Å². The summed E-state index contributed by atoms with van der Waals surface area (Å²) in [4.78, 5) is 10.7. The SMILES string of the molecule is CCOc1cc(/C=C\c2onc(C)c2[N+](=O)[O-])cc(I)c1OCc1ccccc1Cl. The Hall–Kier alpha value is -2.59. The first-order valence-electron chi connectivity index (χ1n) is 9.02. The number of nitro groups is 1. The van der Waals surface area contributed by atoms with Crippen LogP contribution in [0.5, 0.6) is 11.5 Å². The standard InChI is InChI=1S/C21H18ClIN2O5/c1-3-28-19-11-14(8-9-18-20(25(26)27)13(2)24-30-18)10-17(23)21(19)29-12-15-6-4-5-7-16(15)22/h4-11H,3,12H2,1-2H3/b9-8-. The summed E-state index contributed by atoms with van der Waals surface area (Å²) >= 11 is 8.37. The third-order valence-electron chi connectivity index (χ3n) is 4.13. The summed E-state index contributed by atoms with van der Waals surface area (Å²) in [5.74, 6) is 1.26. The second kappa shape index (κ2) is 9.94. The van der Waals surface area contributed by atoms with E-state index in [1.807, 2.05) is 37.3 Å². The van der Waals surface area contributed by atoms with Crippen LogP contribution in [0.3, 0.4) is 0 Å². The lowest BCUT2D eigenvalue weighted by Crippen LogP contribution is -2.02. The van der Waals surface area contributed by atoms with Crippen molar-refractivity contribution in [1.29, 1.82) is 0 Å². The smallest absolute Gasteiger partial charge is 0.338 e. The minimum Gasteiger partial charge on any atom is -0.490 e. The lowest BCUT2D eigenvalue weighted by Gasteiger charge is -2.15. The van der Waals surface area contributed by atoms with E-state index >= 15 is 0 Å². The van der Waals surface area contributed by atoms with E-state index in [9.17, 15) is 10.1 Å². The molecule has 3 rings (SSSR count). The molecule has 3 aromatic rings. The molecule has 0 aliphatic rings. The molecule has 0 amide bonds. The predicted molar refractivity (Wildman–Crippen MR) is 123 cm³/mol. The lowest BCUT2D eigenvalue weighted by molar-refractivity contribution is -0.386. The maximum absolute atomic E-state index is 11.2. The van der Waals surface area contributed by atoms with Crippen LogP contribution in [0, 0.1) is 20.6 Å². The van der Waals surface area contributed by atoms with Crippen LogP contribution in [0.25, 0.3) is 12.2 Å². The third-order valence-corrected chi connectivity index (χ3v) is 5.30. The number of nitrogens with zero attached hydrogens (tertiary/aromatic N) is 2. The highest BCUT2D eigenvalue weighted by Gasteiger charge is 2.22. The number of benzene rings is 2. The Morgan fingerprint density at radius 2 is 2.03 bits per heavy atom. The zero-order valence-electron chi connectivity index (χ0n) is 16.2. The van der Waals surface area contributed by atoms with Crippen LogP contribution in [-0.2, 0) is 6.61 Å². The van der Waals surface area contributed by atoms with Gasteiger partial charge in [0.2, 0.25) is 5.76 Å². The van der Waals surface area contributed by atoms with E-state index in [1.54, 1.807) is 12.1 Å². The van der Waals surface area contributed by atoms with E-state index in [2.05, 4.69) is 27.7 Å². The minimum absolute atomic E-state index is 0.0875. The fourth-order valence-electron chi connectivity index (χ4n) is 2.74. The van der Waals surface area contributed by atoms with Gasteiger partial charge in [0, 0.05) is 10.6 Å². The highest BCUT2D eigenvalue weighted by Crippen LogP contribution is 2.36. The van der Waals surface area contributed by atoms with Gasteiger partial charge in [-0.1, -0.05) is 41.0 Å². The van der Waals surface area contributed by atoms with Crippen molar-refractivity contribution in [2.45, 2.75) is 20.5 Å². The molecule has 0 fully saturated rings. The lowest BCUT2D eigenvalue weighted by atomic mass is 10.1. The molecule has 1 aromatic heterocycles. The average molecular weight is 541 g/mol. The van der Waals surface area contributed by atoms with E-state index in [0.717, 1.165) is 14.7 Å². The number of rotatable bonds is 8. The number of halogens is 2. The first-order valence-corrected chi connectivity index (χ1v) is 10.5. The Morgan fingerprint density at radius 1 is 1.27 bits per heavy atom. The Balaban J connectivity index is 1.87. The molecule has 156 valence electrons. The van der Waals surface area contributed by atoms with Gasteiger partial charge in [0.1, 0.15) is 6.61 Å². The third kappa shape index (κ3) is 5.11. The Kier molecular flexibility index (Phi) is 7.33. The van der Waals surface area contributed by atoms with E-state index in [-0.39, 0.29) is 17.1 Å². The van der Waals surface area contributed by atoms with E-state index in [1.165, 1.54) is 13.0 Å². The summed E-state index contributed by atoms with van der Waals surface area (Å²) in [5, 5.41) is 15.5. The second-order valence-corrected chi connectivity index (χ2v) is 7.78. The number of hydrogen-bond acceptors (Lipinski definition) is 6. The van der Waals surface area contributed by atoms with E-state index < -0.39 is 4.92 Å². The van der Waals surface area contributed by atoms with E-state index in [4.69, 9.17) is 25.6 Å². The van der Waals surface area contributed by atoms with Gasteiger partial charge in [-0.3, -0.25) is 10.1 Å². The molecule has 1 heterocycles. The summed E-state index contributed by atoms with van der Waals surface area (Å²) in [6.07, 6.45) is 3.22. The van der Waals surface area contributed by atoms with Crippen molar-refractivity contribution in [2.24, 2.45) is 0 Å². The number of aromatic nitrogens is 1. The Morgan fingerprint density at radius 3 is 2.73 bits per heavy atom. The van der Waals surface area contributed by atoms with Crippen molar-refractivity contribution in [1.82, 2.24) is 5.16 Å². The van der Waals surface area contributed by atoms with Crippen molar-refractivity contribution < 1.29 is 18.9 Å². The molecule has 7 nitrogen and oxygen atoms in total. The topological polar surface area (TPSA) is 87.6 Å². The highest BCUT2D eigenvalue weighted by atomic mass is 127. The molecule has 0 saturated carbocycles. The summed E-state index contributed by atoms with van der Waals surface area (Å²) < 4.78 is 17.6. The zero-order chi connectivity index (χ0) is 21.7. The second-order valence-electron chi connectivity index (χ2n) is 6.21. The first kappa shape index (κ1) is 22.1. The largest absolute Gasteiger partial charge is 0.490 e. The average Bonchev–Trinajstić information content (AvgIpc) is 3.08. The number of ether oxygens (including phenoxy) is 2. The van der Waals surface area contributed by atoms with Gasteiger partial charge >= 0.3 is 5.69 Å². The molecule has 0 N–H and O–H groups in total. The van der Waals surface area contributed by atoms with Crippen LogP contribution in [0.2, 0.25) is 5.02 Å². The van der Waals surface area contributed by atoms with Crippen LogP contribution in [-0.4, -0.2) is 16.7 Å². The predicted octanol–water partition coefficient (Wildman–Crippen LogP) is 6.30.